The van der Waals surface area contributed by atoms with Crippen LogP contribution in [0.4, 0.5) is 17.6 Å². The number of rotatable bonds is 0. The molecule has 0 saturated heterocycles. The first kappa shape index (κ1) is 9.94. The first-order chi connectivity index (χ1) is 5.04. The van der Waals surface area contributed by atoms with Gasteiger partial charge in [0, 0.05) is 23.3 Å². The summed E-state index contributed by atoms with van der Waals surface area (Å²) in [6.45, 7) is 0.949. The summed E-state index contributed by atoms with van der Waals surface area (Å²) in [5, 5.41) is 0. The minimum absolute atomic E-state index is 0. The van der Waals surface area contributed by atoms with Crippen molar-refractivity contribution in [3.63, 3.8) is 0 Å². The van der Waals surface area contributed by atoms with E-state index in [0.29, 0.717) is 0 Å². The Labute approximate surface area is 60.5 Å². The van der Waals surface area contributed by atoms with E-state index in [9.17, 15) is 17.6 Å². The van der Waals surface area contributed by atoms with Crippen LogP contribution in [0.15, 0.2) is 0 Å². The van der Waals surface area contributed by atoms with Crippen LogP contribution >= 0.6 is 0 Å². The van der Waals surface area contributed by atoms with Gasteiger partial charge >= 0.3 is 0 Å². The molecule has 1 aromatic rings. The van der Waals surface area contributed by atoms with Gasteiger partial charge in [0.2, 0.25) is 0 Å². The molecule has 0 aliphatic rings. The monoisotopic (exact) mass is 420 g/mol. The van der Waals surface area contributed by atoms with Crippen LogP contribution in [0.2, 0.25) is 0 Å². The van der Waals surface area contributed by atoms with E-state index in [1.54, 1.807) is 0 Å². The van der Waals surface area contributed by atoms with Gasteiger partial charge in [-0.1, -0.05) is 12.5 Å². The second-order valence-corrected chi connectivity index (χ2v) is 2.01. The summed E-state index contributed by atoms with van der Waals surface area (Å²) in [6, 6.07) is 1.26. The maximum Gasteiger partial charge on any atom is 0.0493 e. The second kappa shape index (κ2) is 2.90. The molecular formula is C7H3F4Fm-. The first-order valence-electron chi connectivity index (χ1n) is 2.76. The standard InChI is InChI=1S/C7H3F4.Fm/c1-3-6(10)4(8)2-5(9)7(3)11;/h1H3;/q-1;. The Morgan fingerprint density at radius 1 is 0.917 bits per heavy atom. The van der Waals surface area contributed by atoms with Crippen LogP contribution in [0, 0.1) is 36.3 Å². The number of hydrogen-bond donors (Lipinski definition) is 0. The molecular weight excluding hydrogens is 417 g/mol. The van der Waals surface area contributed by atoms with Crippen molar-refractivity contribution >= 4 is 0 Å². The van der Waals surface area contributed by atoms with Gasteiger partial charge in [0.25, 0.3) is 0 Å². The Morgan fingerprint density at radius 3 is 1.58 bits per heavy atom. The van der Waals surface area contributed by atoms with Gasteiger partial charge in [-0.25, -0.2) is 8.78 Å². The van der Waals surface area contributed by atoms with Crippen LogP contribution in [0.1, 0.15) is 5.56 Å². The van der Waals surface area contributed by atoms with E-state index < -0.39 is 28.8 Å². The van der Waals surface area contributed by atoms with Crippen molar-refractivity contribution in [1.82, 2.24) is 0 Å². The normalized spacial score (nSPS) is 9.42. The van der Waals surface area contributed by atoms with E-state index in [1.807, 2.05) is 0 Å². The predicted molar refractivity (Wildman–Crippen MR) is 29.8 cm³/mol. The minimum Gasteiger partial charge on any atom is -0.281 e. The molecule has 5 heteroatoms. The van der Waals surface area contributed by atoms with Gasteiger partial charge in [0.1, 0.15) is 0 Å². The van der Waals surface area contributed by atoms with Crippen molar-refractivity contribution in [2.24, 2.45) is 0 Å². The van der Waals surface area contributed by atoms with Crippen molar-refractivity contribution in [1.29, 1.82) is 0 Å². The average Bonchev–Trinajstić information content (AvgIpc) is 1.97. The molecule has 0 radical (unpaired) electrons. The van der Waals surface area contributed by atoms with E-state index in [-0.39, 0.29) is 0 Å². The van der Waals surface area contributed by atoms with Gasteiger partial charge in [-0.2, -0.15) is 0 Å². The Morgan fingerprint density at radius 2 is 1.25 bits per heavy atom. The summed E-state index contributed by atoms with van der Waals surface area (Å²) in [5.74, 6) is -5.80. The number of hydrogen-bond acceptors (Lipinski definition) is 0. The molecule has 72 valence electrons. The average molecular weight is 420 g/mol. The van der Waals surface area contributed by atoms with Crippen LogP contribution in [-0.2, 0) is 0 Å². The third-order valence-corrected chi connectivity index (χ3v) is 1.26. The fraction of sp³-hybridized carbons (Fsp3) is 0.143. The van der Waals surface area contributed by atoms with Crippen molar-refractivity contribution in [3.05, 3.63) is 34.9 Å². The molecule has 12 heavy (non-hydrogen) atoms. The molecule has 0 aliphatic heterocycles. The summed E-state index contributed by atoms with van der Waals surface area (Å²) in [6.07, 6.45) is 0. The maximum atomic E-state index is 12.4. The summed E-state index contributed by atoms with van der Waals surface area (Å²) in [4.78, 5) is 0. The third kappa shape index (κ3) is 1.19. The zero-order valence-electron chi connectivity index (χ0n) is 5.80. The van der Waals surface area contributed by atoms with Gasteiger partial charge in [-0.15, -0.1) is 6.07 Å². The van der Waals surface area contributed by atoms with Crippen molar-refractivity contribution in [2.45, 2.75) is 6.92 Å². The summed E-state index contributed by atoms with van der Waals surface area (Å²) in [7, 11) is 0. The van der Waals surface area contributed by atoms with Gasteiger partial charge in [-0.05, 0) is 0 Å². The van der Waals surface area contributed by atoms with Gasteiger partial charge in [0.05, 0.1) is 0 Å². The maximum absolute atomic E-state index is 12.4. The molecule has 0 amide bonds. The second-order valence-electron chi connectivity index (χ2n) is 2.01. The van der Waals surface area contributed by atoms with Crippen LogP contribution in [0.3, 0.4) is 0 Å². The third-order valence-electron chi connectivity index (χ3n) is 1.26. The largest absolute Gasteiger partial charge is 0.281 e. The fourth-order valence-electron chi connectivity index (χ4n) is 0.632. The molecule has 0 spiro atoms. The SMILES string of the molecule is Cc1c(F)c(F)[c-]c(F)c1F.[Fm]. The zero-order valence-corrected chi connectivity index (χ0v) is 8.20. The predicted octanol–water partition coefficient (Wildman–Crippen LogP) is 2.35. The Hall–Kier alpha value is -2.06. The molecule has 0 atom stereocenters. The molecule has 0 aromatic heterocycles. The molecule has 0 nitrogen and oxygen atoms in total. The van der Waals surface area contributed by atoms with Gasteiger partial charge in [-0.3, -0.25) is 8.78 Å². The van der Waals surface area contributed by atoms with Gasteiger partial charge in [0.15, 0.2) is 0 Å². The molecule has 0 bridgehead atoms. The number of benzene rings is 1. The molecule has 0 saturated carbocycles. The topological polar surface area (TPSA) is 0 Å². The van der Waals surface area contributed by atoms with Crippen LogP contribution in [-0.4, -0.2) is 0 Å². The van der Waals surface area contributed by atoms with E-state index >= 15 is 0 Å². The van der Waals surface area contributed by atoms with E-state index in [2.05, 4.69) is 0 Å². The smallest absolute Gasteiger partial charge is 0.0493 e. The summed E-state index contributed by atoms with van der Waals surface area (Å²) >= 11 is 0. The van der Waals surface area contributed by atoms with E-state index in [0.717, 1.165) is 6.92 Å². The quantitative estimate of drug-likeness (QED) is 0.344. The fourth-order valence-corrected chi connectivity index (χ4v) is 0.632. The zero-order chi connectivity index (χ0) is 8.59. The van der Waals surface area contributed by atoms with Crippen molar-refractivity contribution in [3.8, 4) is 0 Å². The van der Waals surface area contributed by atoms with Gasteiger partial charge < -0.3 is 0 Å². The molecule has 0 heterocycles. The molecule has 0 unspecified atom stereocenters. The van der Waals surface area contributed by atoms with E-state index in [1.165, 1.54) is 6.07 Å². The Balaban J connectivity index is 0.00000121. The van der Waals surface area contributed by atoms with Crippen LogP contribution in [0.25, 0.3) is 0 Å². The Kier molecular flexibility index (Phi) is 2.40. The van der Waals surface area contributed by atoms with Crippen molar-refractivity contribution < 1.29 is 17.6 Å². The molecule has 0 fully saturated rings. The number of halogens is 4. The molecule has 1 aromatic carbocycles. The van der Waals surface area contributed by atoms with Crippen molar-refractivity contribution in [2.75, 3.05) is 0 Å². The molecule has 0 aliphatic carbocycles. The van der Waals surface area contributed by atoms with E-state index in [4.69, 9.17) is 0 Å². The molecule has 1 rings (SSSR count). The minimum atomic E-state index is -1.50. The van der Waals surface area contributed by atoms with Crippen LogP contribution < -0.4 is 0 Å². The summed E-state index contributed by atoms with van der Waals surface area (Å²) in [5.41, 5.74) is -0.668. The summed E-state index contributed by atoms with van der Waals surface area (Å²) < 4.78 is 49.1. The van der Waals surface area contributed by atoms with Crippen LogP contribution in [0.5, 0.6) is 0 Å². The molecule has 0 N–H and O–H groups in total. The first-order valence-corrected chi connectivity index (χ1v) is 2.76. The Bertz CT molecular complexity index is 272.